The molecule has 1 aliphatic rings. The van der Waals surface area contributed by atoms with Gasteiger partial charge in [0.25, 0.3) is 5.91 Å². The number of carbonyl (C=O) groups excluding carboxylic acids is 1. The number of carboxylic acids is 1. The molecule has 0 bridgehead atoms. The molecule has 0 saturated carbocycles. The van der Waals surface area contributed by atoms with Gasteiger partial charge in [0, 0.05) is 31.4 Å². The molecule has 0 radical (unpaired) electrons. The van der Waals surface area contributed by atoms with E-state index in [4.69, 9.17) is 14.6 Å². The van der Waals surface area contributed by atoms with E-state index in [1.165, 1.54) is 13.2 Å². The summed E-state index contributed by atoms with van der Waals surface area (Å²) in [7, 11) is 1.30. The monoisotopic (exact) mass is 493 g/mol. The summed E-state index contributed by atoms with van der Waals surface area (Å²) in [6, 6.07) is 17.4. The second kappa shape index (κ2) is 10.8. The van der Waals surface area contributed by atoms with E-state index in [1.54, 1.807) is 0 Å². The Bertz CT molecular complexity index is 1250. The third kappa shape index (κ3) is 5.33. The first-order valence-corrected chi connectivity index (χ1v) is 11.7. The molecule has 4 rings (SSSR count). The second-order valence-electron chi connectivity index (χ2n) is 8.85. The number of hydrogen-bond donors (Lipinski definition) is 3. The Morgan fingerprint density at radius 3 is 2.28 bits per heavy atom. The highest BCUT2D eigenvalue weighted by atomic mass is 19.1. The zero-order valence-electron chi connectivity index (χ0n) is 19.9. The summed E-state index contributed by atoms with van der Waals surface area (Å²) in [5.74, 6) is -2.74. The van der Waals surface area contributed by atoms with Gasteiger partial charge in [-0.2, -0.15) is 0 Å². The number of benzene rings is 3. The summed E-state index contributed by atoms with van der Waals surface area (Å²) in [5, 5.41) is 21.7. The number of aliphatic hydroxyl groups excluding tert-OH is 1. The van der Waals surface area contributed by atoms with Crippen molar-refractivity contribution in [3.63, 3.8) is 0 Å². The minimum Gasteiger partial charge on any atom is -0.490 e. The smallest absolute Gasteiger partial charge is 0.330 e. The molecule has 1 aliphatic carbocycles. The van der Waals surface area contributed by atoms with Gasteiger partial charge in [-0.25, -0.2) is 9.18 Å². The molecule has 0 aromatic heterocycles. The van der Waals surface area contributed by atoms with Crippen LogP contribution in [-0.2, 0) is 30.5 Å². The third-order valence-corrected chi connectivity index (χ3v) is 6.38. The summed E-state index contributed by atoms with van der Waals surface area (Å²) >= 11 is 0. The van der Waals surface area contributed by atoms with E-state index in [9.17, 15) is 19.1 Å². The van der Waals surface area contributed by atoms with Crippen molar-refractivity contribution in [2.24, 2.45) is 0 Å². The van der Waals surface area contributed by atoms with E-state index in [1.807, 2.05) is 48.5 Å². The van der Waals surface area contributed by atoms with Crippen LogP contribution < -0.4 is 14.8 Å². The van der Waals surface area contributed by atoms with Crippen molar-refractivity contribution in [2.45, 2.75) is 31.2 Å². The molecule has 188 valence electrons. The molecule has 0 saturated heterocycles. The first kappa shape index (κ1) is 25.2. The van der Waals surface area contributed by atoms with Crippen LogP contribution in [0.5, 0.6) is 11.5 Å². The lowest BCUT2D eigenvalue weighted by atomic mass is 9.95. The van der Waals surface area contributed by atoms with Gasteiger partial charge in [-0.1, -0.05) is 48.5 Å². The Morgan fingerprint density at radius 2 is 1.67 bits per heavy atom. The van der Waals surface area contributed by atoms with Crippen molar-refractivity contribution in [3.8, 4) is 11.5 Å². The van der Waals surface area contributed by atoms with Crippen molar-refractivity contribution >= 4 is 11.9 Å². The molecule has 0 heterocycles. The van der Waals surface area contributed by atoms with Crippen LogP contribution in [0.3, 0.4) is 0 Å². The number of hydrogen-bond acceptors (Lipinski definition) is 5. The molecule has 0 spiro atoms. The normalized spacial score (nSPS) is 13.6. The Kier molecular flexibility index (Phi) is 7.55. The Balaban J connectivity index is 1.51. The fourth-order valence-electron chi connectivity index (χ4n) is 4.55. The number of fused-ring (bicyclic) bond motifs is 1. The quantitative estimate of drug-likeness (QED) is 0.400. The molecule has 1 amide bonds. The molecule has 3 aromatic carbocycles. The molecule has 0 atom stereocenters. The lowest BCUT2D eigenvalue weighted by Gasteiger charge is -2.25. The molecule has 3 N–H and O–H groups in total. The van der Waals surface area contributed by atoms with Gasteiger partial charge in [-0.3, -0.25) is 4.79 Å². The first-order chi connectivity index (χ1) is 17.3. The summed E-state index contributed by atoms with van der Waals surface area (Å²) in [4.78, 5) is 25.3. The standard InChI is InChI=1S/C28H28FNO6/c1-35-25-23(29)14-22(15-24(25)36-12-10-19-6-4-5-18(13-19)9-11-31)26(32)30-28(27(33)34)16-20-7-2-3-8-21(20)17-28/h2-8,13-15,31H,9-12,16-17H2,1H3,(H,30,32)(H,33,34). The van der Waals surface area contributed by atoms with Crippen LogP contribution in [0, 0.1) is 5.82 Å². The maximum absolute atomic E-state index is 14.8. The van der Waals surface area contributed by atoms with E-state index in [-0.39, 0.29) is 43.1 Å². The van der Waals surface area contributed by atoms with Gasteiger partial charge in [0.15, 0.2) is 17.3 Å². The number of nitrogens with one attached hydrogen (secondary N) is 1. The van der Waals surface area contributed by atoms with E-state index >= 15 is 0 Å². The van der Waals surface area contributed by atoms with Gasteiger partial charge >= 0.3 is 5.97 Å². The average molecular weight is 494 g/mol. The van der Waals surface area contributed by atoms with Gasteiger partial charge < -0.3 is 25.0 Å². The van der Waals surface area contributed by atoms with Crippen LogP contribution in [0.2, 0.25) is 0 Å². The highest BCUT2D eigenvalue weighted by Crippen LogP contribution is 2.34. The summed E-state index contributed by atoms with van der Waals surface area (Å²) in [6.07, 6.45) is 1.35. The maximum Gasteiger partial charge on any atom is 0.330 e. The van der Waals surface area contributed by atoms with E-state index in [2.05, 4.69) is 5.32 Å². The highest BCUT2D eigenvalue weighted by molar-refractivity contribution is 5.99. The lowest BCUT2D eigenvalue weighted by molar-refractivity contribution is -0.144. The number of aliphatic carboxylic acids is 1. The van der Waals surface area contributed by atoms with Crippen molar-refractivity contribution < 1.29 is 33.7 Å². The molecule has 36 heavy (non-hydrogen) atoms. The molecule has 3 aromatic rings. The third-order valence-electron chi connectivity index (χ3n) is 6.38. The fraction of sp³-hybridized carbons (Fsp3) is 0.286. The highest BCUT2D eigenvalue weighted by Gasteiger charge is 2.45. The van der Waals surface area contributed by atoms with Gasteiger partial charge in [0.1, 0.15) is 5.54 Å². The van der Waals surface area contributed by atoms with Gasteiger partial charge in [0.2, 0.25) is 0 Å². The Hall–Kier alpha value is -3.91. The minimum absolute atomic E-state index is 0.0493. The predicted octanol–water partition coefficient (Wildman–Crippen LogP) is 3.34. The molecule has 0 fully saturated rings. The molecular formula is C28H28FNO6. The number of carboxylic acid groups (broad SMARTS) is 1. The number of carbonyl (C=O) groups is 2. The van der Waals surface area contributed by atoms with Gasteiger partial charge in [0.05, 0.1) is 13.7 Å². The molecule has 0 aliphatic heterocycles. The number of halogens is 1. The summed E-state index contributed by atoms with van der Waals surface area (Å²) < 4.78 is 25.7. The maximum atomic E-state index is 14.8. The van der Waals surface area contributed by atoms with Crippen LogP contribution in [0.15, 0.2) is 60.7 Å². The van der Waals surface area contributed by atoms with Crippen molar-refractivity contribution in [1.82, 2.24) is 5.32 Å². The minimum atomic E-state index is -1.52. The largest absolute Gasteiger partial charge is 0.490 e. The molecular weight excluding hydrogens is 465 g/mol. The van der Waals surface area contributed by atoms with Crippen LogP contribution in [0.25, 0.3) is 0 Å². The lowest BCUT2D eigenvalue weighted by Crippen LogP contribution is -2.55. The van der Waals surface area contributed by atoms with Gasteiger partial charge in [-0.15, -0.1) is 0 Å². The second-order valence-corrected chi connectivity index (χ2v) is 8.85. The SMILES string of the molecule is COc1c(F)cc(C(=O)NC2(C(=O)O)Cc3ccccc3C2)cc1OCCc1cccc(CCO)c1. The Labute approximate surface area is 208 Å². The Morgan fingerprint density at radius 1 is 1.00 bits per heavy atom. The fourth-order valence-corrected chi connectivity index (χ4v) is 4.55. The van der Waals surface area contributed by atoms with Crippen molar-refractivity contribution in [2.75, 3.05) is 20.3 Å². The number of rotatable bonds is 10. The number of ether oxygens (including phenoxy) is 2. The topological polar surface area (TPSA) is 105 Å². The van der Waals surface area contributed by atoms with Crippen molar-refractivity contribution in [1.29, 1.82) is 0 Å². The van der Waals surface area contributed by atoms with Crippen LogP contribution >= 0.6 is 0 Å². The zero-order chi connectivity index (χ0) is 25.7. The molecule has 0 unspecified atom stereocenters. The summed E-state index contributed by atoms with van der Waals surface area (Å²) in [6.45, 7) is 0.248. The van der Waals surface area contributed by atoms with Crippen molar-refractivity contribution in [3.05, 3.63) is 94.3 Å². The number of aliphatic hydroxyl groups is 1. The van der Waals surface area contributed by atoms with E-state index < -0.39 is 23.2 Å². The number of amides is 1. The summed E-state index contributed by atoms with van der Waals surface area (Å²) in [5.41, 5.74) is 2.11. The molecule has 7 nitrogen and oxygen atoms in total. The number of methoxy groups -OCH3 is 1. The van der Waals surface area contributed by atoms with Crippen LogP contribution in [0.4, 0.5) is 4.39 Å². The van der Waals surface area contributed by atoms with Crippen LogP contribution in [0.1, 0.15) is 32.6 Å². The van der Waals surface area contributed by atoms with E-state index in [0.717, 1.165) is 28.3 Å². The molecule has 8 heteroatoms. The van der Waals surface area contributed by atoms with Gasteiger partial charge in [-0.05, 0) is 40.8 Å². The zero-order valence-corrected chi connectivity index (χ0v) is 19.9. The van der Waals surface area contributed by atoms with E-state index in [0.29, 0.717) is 12.8 Å². The first-order valence-electron chi connectivity index (χ1n) is 11.7. The predicted molar refractivity (Wildman–Crippen MR) is 131 cm³/mol. The van der Waals surface area contributed by atoms with Crippen LogP contribution in [-0.4, -0.2) is 48.0 Å². The average Bonchev–Trinajstić information content (AvgIpc) is 3.24.